The van der Waals surface area contributed by atoms with Crippen LogP contribution in [-0.2, 0) is 16.4 Å². The molecule has 164 valence electrons. The second-order valence-electron chi connectivity index (χ2n) is 7.31. The van der Waals surface area contributed by atoms with Crippen LogP contribution in [0.5, 0.6) is 0 Å². The summed E-state index contributed by atoms with van der Waals surface area (Å²) in [6, 6.07) is 17.4. The van der Waals surface area contributed by atoms with Crippen LogP contribution in [0.2, 0.25) is 0 Å². The van der Waals surface area contributed by atoms with Crippen LogP contribution in [0.4, 0.5) is 5.82 Å². The van der Waals surface area contributed by atoms with Gasteiger partial charge in [0, 0.05) is 31.3 Å². The van der Waals surface area contributed by atoms with Crippen LogP contribution in [0.3, 0.4) is 0 Å². The molecule has 0 saturated carbocycles. The number of hydrogen-bond acceptors (Lipinski definition) is 5. The molecule has 0 aliphatic heterocycles. The van der Waals surface area contributed by atoms with Crippen LogP contribution in [0.1, 0.15) is 18.1 Å². The SMILES string of the molecule is CCNC(=NCc1ccc(S(C)(=O)=O)c(C)c1)NCCNc1ccc2ccccc2n1. The number of sulfone groups is 1. The van der Waals surface area contributed by atoms with Gasteiger partial charge in [-0.25, -0.2) is 18.4 Å². The van der Waals surface area contributed by atoms with Crippen LogP contribution in [0.15, 0.2) is 64.5 Å². The van der Waals surface area contributed by atoms with Crippen molar-refractivity contribution in [3.63, 3.8) is 0 Å². The van der Waals surface area contributed by atoms with Crippen molar-refractivity contribution in [1.29, 1.82) is 0 Å². The van der Waals surface area contributed by atoms with E-state index >= 15 is 0 Å². The zero-order chi connectivity index (χ0) is 22.3. The van der Waals surface area contributed by atoms with Gasteiger partial charge in [0.25, 0.3) is 0 Å². The molecule has 3 aromatic rings. The third-order valence-corrected chi connectivity index (χ3v) is 5.98. The van der Waals surface area contributed by atoms with Crippen molar-refractivity contribution in [2.24, 2.45) is 4.99 Å². The van der Waals surface area contributed by atoms with E-state index in [1.165, 1.54) is 6.26 Å². The Morgan fingerprint density at radius 2 is 1.84 bits per heavy atom. The molecule has 1 heterocycles. The molecule has 0 aliphatic rings. The van der Waals surface area contributed by atoms with Gasteiger partial charge in [0.15, 0.2) is 15.8 Å². The molecule has 0 unspecified atom stereocenters. The van der Waals surface area contributed by atoms with Crippen LogP contribution in [-0.4, -0.2) is 45.3 Å². The minimum Gasteiger partial charge on any atom is -0.368 e. The van der Waals surface area contributed by atoms with E-state index in [0.717, 1.165) is 34.4 Å². The van der Waals surface area contributed by atoms with E-state index < -0.39 is 9.84 Å². The summed E-state index contributed by atoms with van der Waals surface area (Å²) in [5.74, 6) is 1.55. The summed E-state index contributed by atoms with van der Waals surface area (Å²) < 4.78 is 23.5. The van der Waals surface area contributed by atoms with Gasteiger partial charge >= 0.3 is 0 Å². The van der Waals surface area contributed by atoms with Crippen LogP contribution in [0.25, 0.3) is 10.9 Å². The predicted octanol–water partition coefficient (Wildman–Crippen LogP) is 3.11. The van der Waals surface area contributed by atoms with Crippen molar-refractivity contribution < 1.29 is 8.42 Å². The van der Waals surface area contributed by atoms with Gasteiger partial charge < -0.3 is 16.0 Å². The number of hydrogen-bond donors (Lipinski definition) is 3. The van der Waals surface area contributed by atoms with E-state index in [2.05, 4.69) is 32.0 Å². The number of nitrogens with one attached hydrogen (secondary N) is 3. The Morgan fingerprint density at radius 3 is 2.58 bits per heavy atom. The lowest BCUT2D eigenvalue weighted by Gasteiger charge is -2.13. The van der Waals surface area contributed by atoms with E-state index in [1.807, 2.05) is 49.4 Å². The largest absolute Gasteiger partial charge is 0.368 e. The molecule has 0 atom stereocenters. The Hall–Kier alpha value is -3.13. The molecule has 8 heteroatoms. The molecule has 3 rings (SSSR count). The van der Waals surface area contributed by atoms with Gasteiger partial charge in [-0.3, -0.25) is 0 Å². The number of aromatic nitrogens is 1. The third kappa shape index (κ3) is 6.42. The first-order valence-corrected chi connectivity index (χ1v) is 12.2. The summed E-state index contributed by atoms with van der Waals surface area (Å²) in [5, 5.41) is 11.0. The first kappa shape index (κ1) is 22.6. The Kier molecular flexibility index (Phi) is 7.46. The van der Waals surface area contributed by atoms with Gasteiger partial charge in [-0.05, 0) is 49.2 Å². The normalized spacial score (nSPS) is 12.0. The smallest absolute Gasteiger partial charge is 0.191 e. The first-order chi connectivity index (χ1) is 14.9. The van der Waals surface area contributed by atoms with Gasteiger partial charge in [-0.2, -0.15) is 0 Å². The molecule has 1 aromatic heterocycles. The Bertz CT molecular complexity index is 1180. The van der Waals surface area contributed by atoms with Crippen molar-refractivity contribution in [1.82, 2.24) is 15.6 Å². The molecule has 0 fully saturated rings. The highest BCUT2D eigenvalue weighted by atomic mass is 32.2. The highest BCUT2D eigenvalue weighted by Gasteiger charge is 2.10. The number of aryl methyl sites for hydroxylation is 1. The highest BCUT2D eigenvalue weighted by Crippen LogP contribution is 2.17. The van der Waals surface area contributed by atoms with Gasteiger partial charge in [0.1, 0.15) is 5.82 Å². The maximum absolute atomic E-state index is 11.8. The van der Waals surface area contributed by atoms with Gasteiger partial charge in [-0.1, -0.05) is 30.3 Å². The zero-order valence-corrected chi connectivity index (χ0v) is 19.0. The van der Waals surface area contributed by atoms with E-state index in [4.69, 9.17) is 0 Å². The van der Waals surface area contributed by atoms with Crippen molar-refractivity contribution >= 4 is 32.5 Å². The first-order valence-electron chi connectivity index (χ1n) is 10.3. The fraction of sp³-hybridized carbons (Fsp3) is 0.304. The molecule has 31 heavy (non-hydrogen) atoms. The minimum atomic E-state index is -3.21. The summed E-state index contributed by atoms with van der Waals surface area (Å²) in [6.07, 6.45) is 1.22. The molecular formula is C23H29N5O2S. The summed E-state index contributed by atoms with van der Waals surface area (Å²) in [4.78, 5) is 9.57. The molecule has 7 nitrogen and oxygen atoms in total. The fourth-order valence-electron chi connectivity index (χ4n) is 3.27. The molecule has 0 amide bonds. The predicted molar refractivity (Wildman–Crippen MR) is 127 cm³/mol. The lowest BCUT2D eigenvalue weighted by Crippen LogP contribution is -2.39. The Morgan fingerprint density at radius 1 is 1.03 bits per heavy atom. The Balaban J connectivity index is 1.55. The van der Waals surface area contributed by atoms with E-state index in [1.54, 1.807) is 13.0 Å². The summed E-state index contributed by atoms with van der Waals surface area (Å²) in [7, 11) is -3.21. The van der Waals surface area contributed by atoms with Crippen molar-refractivity contribution in [3.8, 4) is 0 Å². The number of benzene rings is 2. The molecule has 3 N–H and O–H groups in total. The second-order valence-corrected chi connectivity index (χ2v) is 9.29. The van der Waals surface area contributed by atoms with Gasteiger partial charge in [0.2, 0.25) is 0 Å². The van der Waals surface area contributed by atoms with Crippen molar-refractivity contribution in [2.75, 3.05) is 31.2 Å². The maximum Gasteiger partial charge on any atom is 0.191 e. The number of aliphatic imine (C=N–C) groups is 1. The molecule has 0 radical (unpaired) electrons. The maximum atomic E-state index is 11.8. The van der Waals surface area contributed by atoms with Gasteiger partial charge in [0.05, 0.1) is 17.0 Å². The zero-order valence-electron chi connectivity index (χ0n) is 18.1. The Labute approximate surface area is 183 Å². The van der Waals surface area contributed by atoms with E-state index in [9.17, 15) is 8.42 Å². The van der Waals surface area contributed by atoms with E-state index in [0.29, 0.717) is 30.5 Å². The topological polar surface area (TPSA) is 95.5 Å². The number of rotatable bonds is 8. The molecule has 0 bridgehead atoms. The van der Waals surface area contributed by atoms with Crippen molar-refractivity contribution in [3.05, 3.63) is 65.7 Å². The number of anilines is 1. The lowest BCUT2D eigenvalue weighted by molar-refractivity contribution is 0.601. The quantitative estimate of drug-likeness (QED) is 0.284. The van der Waals surface area contributed by atoms with Crippen LogP contribution < -0.4 is 16.0 Å². The third-order valence-electron chi connectivity index (χ3n) is 4.72. The van der Waals surface area contributed by atoms with Crippen molar-refractivity contribution in [2.45, 2.75) is 25.3 Å². The summed E-state index contributed by atoms with van der Waals surface area (Å²) >= 11 is 0. The number of nitrogens with zero attached hydrogens (tertiary/aromatic N) is 2. The number of para-hydroxylation sites is 1. The average molecular weight is 440 g/mol. The fourth-order valence-corrected chi connectivity index (χ4v) is 4.23. The highest BCUT2D eigenvalue weighted by molar-refractivity contribution is 7.90. The lowest BCUT2D eigenvalue weighted by atomic mass is 10.1. The minimum absolute atomic E-state index is 0.360. The number of guanidine groups is 1. The standard InChI is InChI=1S/C23H29N5O2S/c1-4-24-23(27-16-18-9-11-21(17(2)15-18)31(3,29)30)26-14-13-25-22-12-10-19-7-5-6-8-20(19)28-22/h5-12,15H,4,13-14,16H2,1-3H3,(H,25,28)(H2,24,26,27). The van der Waals surface area contributed by atoms with Crippen LogP contribution in [0, 0.1) is 6.92 Å². The molecule has 2 aromatic carbocycles. The second kappa shape index (κ2) is 10.3. The molecule has 0 spiro atoms. The number of fused-ring (bicyclic) bond motifs is 1. The van der Waals surface area contributed by atoms with E-state index in [-0.39, 0.29) is 0 Å². The average Bonchev–Trinajstić information content (AvgIpc) is 2.74. The molecule has 0 aliphatic carbocycles. The molecular weight excluding hydrogens is 410 g/mol. The molecule has 0 saturated heterocycles. The van der Waals surface area contributed by atoms with Gasteiger partial charge in [-0.15, -0.1) is 0 Å². The van der Waals surface area contributed by atoms with Crippen LogP contribution >= 0.6 is 0 Å². The summed E-state index contributed by atoms with van der Waals surface area (Å²) in [6.45, 7) is 6.39. The summed E-state index contributed by atoms with van der Waals surface area (Å²) in [5.41, 5.74) is 2.66. The monoisotopic (exact) mass is 439 g/mol. The number of pyridine rings is 1.